The number of carbonyl (C=O) groups excluding carboxylic acids is 1. The largest absolute Gasteiger partial charge is 0.443 e. The summed E-state index contributed by atoms with van der Waals surface area (Å²) in [6.45, 7) is 5.62. The Kier molecular flexibility index (Phi) is 4.17. The summed E-state index contributed by atoms with van der Waals surface area (Å²) in [6, 6.07) is -0.401. The normalized spacial score (nSPS) is 14.6. The highest BCUT2D eigenvalue weighted by molar-refractivity contribution is 7.13. The number of rotatable bonds is 3. The van der Waals surface area contributed by atoms with Crippen molar-refractivity contribution < 1.29 is 18.0 Å². The van der Waals surface area contributed by atoms with Crippen molar-refractivity contribution in [1.82, 2.24) is 4.98 Å². The van der Waals surface area contributed by atoms with E-state index in [9.17, 15) is 18.0 Å². The van der Waals surface area contributed by atoms with Crippen molar-refractivity contribution in [3.63, 3.8) is 0 Å². The van der Waals surface area contributed by atoms with Crippen LogP contribution in [0.4, 0.5) is 13.2 Å². The third-order valence-corrected chi connectivity index (χ3v) is 3.62. The summed E-state index contributed by atoms with van der Waals surface area (Å²) >= 11 is 0.359. The van der Waals surface area contributed by atoms with Crippen LogP contribution in [-0.4, -0.2) is 16.8 Å². The second-order valence-corrected chi connectivity index (χ2v) is 6.16. The highest BCUT2D eigenvalue weighted by Gasteiger charge is 2.35. The molecular weight excluding hydrogens is 265 g/mol. The number of ketones is 1. The van der Waals surface area contributed by atoms with Gasteiger partial charge in [-0.1, -0.05) is 20.8 Å². The molecule has 102 valence electrons. The number of Topliss-reactive ketones (excluding diaryl/α,β-unsaturated/α-hetero) is 1. The Hall–Kier alpha value is -0.950. The van der Waals surface area contributed by atoms with Gasteiger partial charge in [0.25, 0.3) is 0 Å². The lowest BCUT2D eigenvalue weighted by Crippen LogP contribution is -2.36. The summed E-state index contributed by atoms with van der Waals surface area (Å²) in [5, 5.41) is -1.00. The lowest BCUT2D eigenvalue weighted by Gasteiger charge is -2.26. The Morgan fingerprint density at radius 3 is 2.39 bits per heavy atom. The summed E-state index contributed by atoms with van der Waals surface area (Å²) in [6.07, 6.45) is -3.52. The Morgan fingerprint density at radius 2 is 2.00 bits per heavy atom. The summed E-state index contributed by atoms with van der Waals surface area (Å²) in [7, 11) is 0. The van der Waals surface area contributed by atoms with Crippen LogP contribution in [0.15, 0.2) is 6.20 Å². The fourth-order valence-electron chi connectivity index (χ4n) is 1.14. The first-order valence-electron chi connectivity index (χ1n) is 5.33. The number of halogens is 3. The molecule has 3 nitrogen and oxygen atoms in total. The van der Waals surface area contributed by atoms with Crippen LogP contribution in [0.25, 0.3) is 0 Å². The molecule has 1 aromatic rings. The molecule has 0 fully saturated rings. The molecule has 0 saturated heterocycles. The van der Waals surface area contributed by atoms with E-state index in [1.54, 1.807) is 0 Å². The van der Waals surface area contributed by atoms with E-state index in [0.29, 0.717) is 11.3 Å². The average Bonchev–Trinajstić information content (AvgIpc) is 2.63. The van der Waals surface area contributed by atoms with E-state index in [2.05, 4.69) is 4.98 Å². The summed E-state index contributed by atoms with van der Waals surface area (Å²) in [4.78, 5) is 15.0. The third-order valence-electron chi connectivity index (χ3n) is 2.54. The van der Waals surface area contributed by atoms with Crippen LogP contribution >= 0.6 is 11.3 Å². The van der Waals surface area contributed by atoms with Gasteiger partial charge < -0.3 is 5.73 Å². The van der Waals surface area contributed by atoms with Crippen molar-refractivity contribution in [1.29, 1.82) is 0 Å². The van der Waals surface area contributed by atoms with Gasteiger partial charge in [-0.05, 0) is 5.41 Å². The van der Waals surface area contributed by atoms with Gasteiger partial charge >= 0.3 is 6.18 Å². The Morgan fingerprint density at radius 1 is 1.44 bits per heavy atom. The van der Waals surface area contributed by atoms with Gasteiger partial charge in [-0.15, -0.1) is 11.3 Å². The molecule has 0 radical (unpaired) electrons. The maximum absolute atomic E-state index is 12.3. The minimum Gasteiger partial charge on any atom is -0.327 e. The molecule has 0 aromatic carbocycles. The molecule has 1 atom stereocenters. The average molecular weight is 280 g/mol. The number of nitrogens with two attached hydrogens (primary N) is 1. The van der Waals surface area contributed by atoms with Crippen LogP contribution < -0.4 is 5.73 Å². The van der Waals surface area contributed by atoms with Gasteiger partial charge in [0.1, 0.15) is 0 Å². The second-order valence-electron chi connectivity index (χ2n) is 5.13. The van der Waals surface area contributed by atoms with Crippen molar-refractivity contribution in [3.8, 4) is 0 Å². The fraction of sp³-hybridized carbons (Fsp3) is 0.636. The molecule has 0 aliphatic carbocycles. The van der Waals surface area contributed by atoms with Crippen LogP contribution in [-0.2, 0) is 6.18 Å². The predicted molar refractivity (Wildman–Crippen MR) is 63.5 cm³/mol. The zero-order valence-electron chi connectivity index (χ0n) is 10.3. The number of alkyl halides is 3. The lowest BCUT2D eigenvalue weighted by atomic mass is 9.84. The molecule has 0 spiro atoms. The zero-order chi connectivity index (χ0) is 14.1. The van der Waals surface area contributed by atoms with E-state index in [4.69, 9.17) is 5.73 Å². The molecule has 7 heteroatoms. The summed E-state index contributed by atoms with van der Waals surface area (Å²) in [5.41, 5.74) is 5.55. The number of carbonyl (C=O) groups is 1. The number of nitrogens with zero attached hydrogens (tertiary/aromatic N) is 1. The zero-order valence-corrected chi connectivity index (χ0v) is 11.2. The Balaban J connectivity index is 2.77. The van der Waals surface area contributed by atoms with Crippen LogP contribution in [0.1, 0.15) is 41.9 Å². The number of hydrogen-bond donors (Lipinski definition) is 1. The Bertz CT molecular complexity index is 434. The first-order chi connectivity index (χ1) is 8.01. The SMILES string of the molecule is CC(C)(C)C(N)CC(=O)c1cnc(C(F)(F)F)s1. The maximum atomic E-state index is 12.3. The number of hydrogen-bond acceptors (Lipinski definition) is 4. The molecule has 1 aromatic heterocycles. The predicted octanol–water partition coefficient (Wildman–Crippen LogP) is 3.11. The van der Waals surface area contributed by atoms with Crippen molar-refractivity contribution in [3.05, 3.63) is 16.1 Å². The van der Waals surface area contributed by atoms with Crippen molar-refractivity contribution in [2.45, 2.75) is 39.4 Å². The first-order valence-corrected chi connectivity index (χ1v) is 6.15. The van der Waals surface area contributed by atoms with Crippen molar-refractivity contribution >= 4 is 17.1 Å². The second kappa shape index (κ2) is 4.97. The van der Waals surface area contributed by atoms with Crippen LogP contribution in [0.2, 0.25) is 0 Å². The van der Waals surface area contributed by atoms with Gasteiger partial charge in [-0.2, -0.15) is 13.2 Å². The molecule has 1 heterocycles. The third kappa shape index (κ3) is 3.78. The maximum Gasteiger partial charge on any atom is 0.443 e. The minimum atomic E-state index is -4.50. The van der Waals surface area contributed by atoms with Crippen LogP contribution in [0.3, 0.4) is 0 Å². The molecule has 0 saturated carbocycles. The molecular formula is C11H15F3N2OS. The molecule has 0 bridgehead atoms. The van der Waals surface area contributed by atoms with Gasteiger partial charge in [-0.25, -0.2) is 4.98 Å². The smallest absolute Gasteiger partial charge is 0.327 e. The molecule has 18 heavy (non-hydrogen) atoms. The van der Waals surface area contributed by atoms with Crippen molar-refractivity contribution in [2.24, 2.45) is 11.1 Å². The topological polar surface area (TPSA) is 56.0 Å². The van der Waals surface area contributed by atoms with E-state index in [0.717, 1.165) is 6.20 Å². The minimum absolute atomic E-state index is 0.00188. The van der Waals surface area contributed by atoms with Gasteiger partial charge in [0, 0.05) is 18.7 Å². The lowest BCUT2D eigenvalue weighted by molar-refractivity contribution is -0.137. The van der Waals surface area contributed by atoms with Gasteiger partial charge in [0.15, 0.2) is 10.8 Å². The van der Waals surface area contributed by atoms with Crippen LogP contribution in [0, 0.1) is 5.41 Å². The molecule has 0 aliphatic heterocycles. The quantitative estimate of drug-likeness (QED) is 0.865. The summed E-state index contributed by atoms with van der Waals surface area (Å²) < 4.78 is 37.0. The van der Waals surface area contributed by atoms with Crippen molar-refractivity contribution in [2.75, 3.05) is 0 Å². The molecule has 0 aliphatic rings. The van der Waals surface area contributed by atoms with Gasteiger partial charge in [0.2, 0.25) is 0 Å². The van der Waals surface area contributed by atoms with E-state index in [1.165, 1.54) is 0 Å². The monoisotopic (exact) mass is 280 g/mol. The van der Waals surface area contributed by atoms with E-state index < -0.39 is 23.0 Å². The highest BCUT2D eigenvalue weighted by Crippen LogP contribution is 2.33. The van der Waals surface area contributed by atoms with E-state index in [-0.39, 0.29) is 16.7 Å². The standard InChI is InChI=1S/C11H15F3N2OS/c1-10(2,3)8(15)4-6(17)7-5-16-9(18-7)11(12,13)14/h5,8H,4,15H2,1-3H3. The number of aromatic nitrogens is 1. The molecule has 1 rings (SSSR count). The van der Waals surface area contributed by atoms with Gasteiger partial charge in [-0.3, -0.25) is 4.79 Å². The van der Waals surface area contributed by atoms with E-state index in [1.807, 2.05) is 20.8 Å². The Labute approximate surface area is 107 Å². The number of thiazole rings is 1. The van der Waals surface area contributed by atoms with Crippen LogP contribution in [0.5, 0.6) is 0 Å². The van der Waals surface area contributed by atoms with E-state index >= 15 is 0 Å². The molecule has 0 amide bonds. The first kappa shape index (κ1) is 15.1. The molecule has 1 unspecified atom stereocenters. The fourth-order valence-corrected chi connectivity index (χ4v) is 1.87. The molecule has 2 N–H and O–H groups in total. The summed E-state index contributed by atoms with van der Waals surface area (Å²) in [5.74, 6) is -0.398. The van der Waals surface area contributed by atoms with Gasteiger partial charge in [0.05, 0.1) is 4.88 Å². The highest BCUT2D eigenvalue weighted by atomic mass is 32.1.